The predicted octanol–water partition coefficient (Wildman–Crippen LogP) is 3.46. The smallest absolute Gasteiger partial charge is 0.110 e. The van der Waals surface area contributed by atoms with Gasteiger partial charge in [0.05, 0.1) is 0 Å². The van der Waals surface area contributed by atoms with Crippen LogP contribution in [0.4, 0.5) is 0 Å². The highest BCUT2D eigenvalue weighted by molar-refractivity contribution is 9.10. The minimum absolute atomic E-state index is 0. The van der Waals surface area contributed by atoms with E-state index in [0.29, 0.717) is 0 Å². The van der Waals surface area contributed by atoms with Gasteiger partial charge in [-0.15, -0.1) is 12.4 Å². The van der Waals surface area contributed by atoms with Crippen LogP contribution in [0.1, 0.15) is 37.8 Å². The first-order valence-corrected chi connectivity index (χ1v) is 5.41. The van der Waals surface area contributed by atoms with Gasteiger partial charge in [0.1, 0.15) is 4.60 Å². The molecule has 0 aliphatic carbocycles. The Balaban J connectivity index is 0.00000169. The van der Waals surface area contributed by atoms with Crippen molar-refractivity contribution < 1.29 is 0 Å². The molecule has 1 atom stereocenters. The zero-order valence-electron chi connectivity index (χ0n) is 8.24. The van der Waals surface area contributed by atoms with Crippen LogP contribution in [0, 0.1) is 0 Å². The average Bonchev–Trinajstić information content (AvgIpc) is 2.15. The first kappa shape index (κ1) is 13.9. The second-order valence-corrected chi connectivity index (χ2v) is 3.88. The molecule has 0 saturated carbocycles. The molecule has 0 radical (unpaired) electrons. The first-order chi connectivity index (χ1) is 6.25. The van der Waals surface area contributed by atoms with E-state index in [-0.39, 0.29) is 18.4 Å². The van der Waals surface area contributed by atoms with E-state index >= 15 is 0 Å². The molecule has 4 heteroatoms. The number of nitrogens with two attached hydrogens (primary N) is 1. The van der Waals surface area contributed by atoms with Gasteiger partial charge in [-0.1, -0.05) is 25.8 Å². The molecule has 0 spiro atoms. The van der Waals surface area contributed by atoms with E-state index in [1.165, 1.54) is 12.8 Å². The fourth-order valence-corrected chi connectivity index (χ4v) is 1.80. The van der Waals surface area contributed by atoms with E-state index in [9.17, 15) is 0 Å². The van der Waals surface area contributed by atoms with Crippen molar-refractivity contribution in [3.8, 4) is 0 Å². The highest BCUT2D eigenvalue weighted by Crippen LogP contribution is 2.22. The minimum Gasteiger partial charge on any atom is -0.324 e. The molecule has 0 aromatic carbocycles. The number of hydrogen-bond acceptors (Lipinski definition) is 2. The Kier molecular flexibility index (Phi) is 7.15. The van der Waals surface area contributed by atoms with Crippen LogP contribution in [-0.2, 0) is 0 Å². The summed E-state index contributed by atoms with van der Waals surface area (Å²) in [6, 6.07) is 4.06. The molecule has 0 fully saturated rings. The fourth-order valence-electron chi connectivity index (χ4n) is 1.25. The van der Waals surface area contributed by atoms with Crippen molar-refractivity contribution in [2.75, 3.05) is 0 Å². The molecule has 0 aliphatic heterocycles. The van der Waals surface area contributed by atoms with E-state index in [4.69, 9.17) is 5.73 Å². The number of halogens is 2. The monoisotopic (exact) mass is 278 g/mol. The van der Waals surface area contributed by atoms with Crippen molar-refractivity contribution in [3.05, 3.63) is 28.5 Å². The molecule has 1 heterocycles. The minimum atomic E-state index is 0. The van der Waals surface area contributed by atoms with E-state index in [2.05, 4.69) is 27.8 Å². The van der Waals surface area contributed by atoms with Crippen LogP contribution in [0.15, 0.2) is 22.9 Å². The lowest BCUT2D eigenvalue weighted by Gasteiger charge is -2.11. The van der Waals surface area contributed by atoms with Gasteiger partial charge in [-0.3, -0.25) is 0 Å². The first-order valence-electron chi connectivity index (χ1n) is 4.61. The van der Waals surface area contributed by atoms with E-state index in [1.54, 1.807) is 6.20 Å². The quantitative estimate of drug-likeness (QED) is 0.857. The molecular formula is C10H16BrClN2. The molecule has 1 aromatic heterocycles. The van der Waals surface area contributed by atoms with Crippen LogP contribution in [0.25, 0.3) is 0 Å². The van der Waals surface area contributed by atoms with Crippen LogP contribution in [-0.4, -0.2) is 4.98 Å². The second kappa shape index (κ2) is 7.21. The lowest BCUT2D eigenvalue weighted by Crippen LogP contribution is -2.11. The Labute approximate surface area is 99.8 Å². The van der Waals surface area contributed by atoms with Gasteiger partial charge in [0.15, 0.2) is 0 Å². The summed E-state index contributed by atoms with van der Waals surface area (Å²) in [5.74, 6) is 0. The Morgan fingerprint density at radius 1 is 1.57 bits per heavy atom. The standard InChI is InChI=1S/C10H15BrN2.ClH/c1-2-3-6-9(12)8-5-4-7-13-10(8)11;/h4-5,7,9H,2-3,6,12H2,1H3;1H/t9-;/m0./s1. The van der Waals surface area contributed by atoms with E-state index in [1.807, 2.05) is 12.1 Å². The van der Waals surface area contributed by atoms with Gasteiger partial charge in [0.2, 0.25) is 0 Å². The summed E-state index contributed by atoms with van der Waals surface area (Å²) in [7, 11) is 0. The molecule has 80 valence electrons. The number of rotatable bonds is 4. The topological polar surface area (TPSA) is 38.9 Å². The molecule has 0 bridgehead atoms. The van der Waals surface area contributed by atoms with Gasteiger partial charge >= 0.3 is 0 Å². The molecule has 1 aromatic rings. The number of pyridine rings is 1. The fraction of sp³-hybridized carbons (Fsp3) is 0.500. The third kappa shape index (κ3) is 3.95. The van der Waals surface area contributed by atoms with Crippen LogP contribution < -0.4 is 5.73 Å². The molecule has 1 rings (SSSR count). The van der Waals surface area contributed by atoms with E-state index < -0.39 is 0 Å². The lowest BCUT2D eigenvalue weighted by atomic mass is 10.0. The number of nitrogens with zero attached hydrogens (tertiary/aromatic N) is 1. The Hall–Kier alpha value is -0.120. The summed E-state index contributed by atoms with van der Waals surface area (Å²) >= 11 is 3.40. The summed E-state index contributed by atoms with van der Waals surface area (Å²) in [4.78, 5) is 4.14. The Morgan fingerprint density at radius 3 is 2.86 bits per heavy atom. The van der Waals surface area contributed by atoms with Crippen molar-refractivity contribution in [2.24, 2.45) is 5.73 Å². The second-order valence-electron chi connectivity index (χ2n) is 3.13. The highest BCUT2D eigenvalue weighted by Gasteiger charge is 2.08. The largest absolute Gasteiger partial charge is 0.324 e. The van der Waals surface area contributed by atoms with Gasteiger partial charge < -0.3 is 5.73 Å². The Bertz CT molecular complexity index is 268. The Morgan fingerprint density at radius 2 is 2.29 bits per heavy atom. The number of aromatic nitrogens is 1. The molecule has 0 unspecified atom stereocenters. The third-order valence-corrected chi connectivity index (χ3v) is 2.72. The summed E-state index contributed by atoms with van der Waals surface area (Å²) in [5.41, 5.74) is 7.12. The lowest BCUT2D eigenvalue weighted by molar-refractivity contribution is 0.599. The summed E-state index contributed by atoms with van der Waals surface area (Å²) < 4.78 is 0.874. The van der Waals surface area contributed by atoms with Crippen molar-refractivity contribution in [2.45, 2.75) is 32.2 Å². The van der Waals surface area contributed by atoms with Gasteiger partial charge in [-0.2, -0.15) is 0 Å². The number of unbranched alkanes of at least 4 members (excludes halogenated alkanes) is 1. The molecule has 0 amide bonds. The van der Waals surface area contributed by atoms with Crippen molar-refractivity contribution >= 4 is 28.3 Å². The van der Waals surface area contributed by atoms with Crippen molar-refractivity contribution in [1.29, 1.82) is 0 Å². The van der Waals surface area contributed by atoms with Crippen LogP contribution in [0.2, 0.25) is 0 Å². The zero-order chi connectivity index (χ0) is 9.68. The van der Waals surface area contributed by atoms with Gasteiger partial charge in [0, 0.05) is 17.8 Å². The number of hydrogen-bond donors (Lipinski definition) is 1. The van der Waals surface area contributed by atoms with Crippen LogP contribution >= 0.6 is 28.3 Å². The third-order valence-electron chi connectivity index (χ3n) is 2.06. The molecule has 2 N–H and O–H groups in total. The summed E-state index contributed by atoms with van der Waals surface area (Å²) in [6.45, 7) is 2.17. The SMILES string of the molecule is CCCC[C@H](N)c1cccnc1Br.Cl. The molecular weight excluding hydrogens is 263 g/mol. The summed E-state index contributed by atoms with van der Waals surface area (Å²) in [6.07, 6.45) is 5.15. The van der Waals surface area contributed by atoms with Gasteiger partial charge in [-0.25, -0.2) is 4.98 Å². The average molecular weight is 280 g/mol. The maximum Gasteiger partial charge on any atom is 0.110 e. The molecule has 2 nitrogen and oxygen atoms in total. The van der Waals surface area contributed by atoms with Crippen molar-refractivity contribution in [3.63, 3.8) is 0 Å². The maximum atomic E-state index is 6.01. The van der Waals surface area contributed by atoms with Gasteiger partial charge in [-0.05, 0) is 28.4 Å². The van der Waals surface area contributed by atoms with Crippen molar-refractivity contribution in [1.82, 2.24) is 4.98 Å². The van der Waals surface area contributed by atoms with Crippen LogP contribution in [0.3, 0.4) is 0 Å². The molecule has 14 heavy (non-hydrogen) atoms. The van der Waals surface area contributed by atoms with Gasteiger partial charge in [0.25, 0.3) is 0 Å². The molecule has 0 aliphatic rings. The molecule has 0 saturated heterocycles. The van der Waals surface area contributed by atoms with Crippen LogP contribution in [0.5, 0.6) is 0 Å². The van der Waals surface area contributed by atoms with E-state index in [0.717, 1.165) is 16.6 Å². The highest BCUT2D eigenvalue weighted by atomic mass is 79.9. The maximum absolute atomic E-state index is 6.01. The zero-order valence-corrected chi connectivity index (χ0v) is 10.6. The predicted molar refractivity (Wildman–Crippen MR) is 65.6 cm³/mol. The summed E-state index contributed by atoms with van der Waals surface area (Å²) in [5, 5.41) is 0. The normalized spacial score (nSPS) is 11.9.